The average molecular weight is 456 g/mol. The second-order valence-electron chi connectivity index (χ2n) is 9.26. The largest absolute Gasteiger partial charge is 0.349 e. The maximum Gasteiger partial charge on any atom is 0.259 e. The summed E-state index contributed by atoms with van der Waals surface area (Å²) in [6.07, 6.45) is 7.15. The van der Waals surface area contributed by atoms with E-state index in [1.165, 1.54) is 5.56 Å². The number of likely N-dealkylation sites (tertiary alicyclic amines) is 1. The highest BCUT2D eigenvalue weighted by molar-refractivity contribution is 5.99. The predicted molar refractivity (Wildman–Crippen MR) is 131 cm³/mol. The Morgan fingerprint density at radius 1 is 0.882 bits per heavy atom. The van der Waals surface area contributed by atoms with E-state index in [4.69, 9.17) is 0 Å². The summed E-state index contributed by atoms with van der Waals surface area (Å²) in [4.78, 5) is 41.6. The van der Waals surface area contributed by atoms with E-state index in [1.807, 2.05) is 53.1 Å². The van der Waals surface area contributed by atoms with Gasteiger partial charge in [0.05, 0.1) is 0 Å². The second kappa shape index (κ2) is 9.67. The lowest BCUT2D eigenvalue weighted by Crippen LogP contribution is -2.42. The molecule has 6 nitrogen and oxygen atoms in total. The number of aromatic nitrogens is 1. The lowest BCUT2D eigenvalue weighted by molar-refractivity contribution is 0.0705. The summed E-state index contributed by atoms with van der Waals surface area (Å²) in [5.74, 6) is -0.474. The molecular formula is C28H29N3O3. The number of nitrogens with one attached hydrogen (secondary N) is 1. The number of pyridine rings is 1. The number of hydrogen-bond donors (Lipinski definition) is 1. The third kappa shape index (κ3) is 4.81. The molecular weight excluding hydrogens is 426 g/mol. The van der Waals surface area contributed by atoms with Crippen molar-refractivity contribution in [2.24, 2.45) is 0 Å². The van der Waals surface area contributed by atoms with Crippen LogP contribution in [0.1, 0.15) is 69.5 Å². The Hall–Kier alpha value is -3.67. The molecule has 34 heavy (non-hydrogen) atoms. The highest BCUT2D eigenvalue weighted by Gasteiger charge is 2.31. The van der Waals surface area contributed by atoms with Gasteiger partial charge in [0.2, 0.25) is 5.43 Å². The topological polar surface area (TPSA) is 71.4 Å². The molecule has 2 fully saturated rings. The molecule has 2 amide bonds. The molecule has 1 saturated heterocycles. The van der Waals surface area contributed by atoms with Crippen LogP contribution >= 0.6 is 0 Å². The van der Waals surface area contributed by atoms with Crippen LogP contribution in [0.3, 0.4) is 0 Å². The number of hydrogen-bond acceptors (Lipinski definition) is 3. The molecule has 5 rings (SSSR count). The Balaban J connectivity index is 1.39. The van der Waals surface area contributed by atoms with Crippen molar-refractivity contribution >= 4 is 11.8 Å². The molecule has 174 valence electrons. The normalized spacial score (nSPS) is 17.9. The van der Waals surface area contributed by atoms with Crippen LogP contribution in [0.5, 0.6) is 0 Å². The molecule has 2 heterocycles. The molecule has 1 aromatic heterocycles. The van der Waals surface area contributed by atoms with Gasteiger partial charge in [-0.3, -0.25) is 14.4 Å². The van der Waals surface area contributed by atoms with E-state index in [9.17, 15) is 14.4 Å². The van der Waals surface area contributed by atoms with E-state index in [1.54, 1.807) is 17.3 Å². The van der Waals surface area contributed by atoms with Gasteiger partial charge in [-0.1, -0.05) is 60.7 Å². The molecule has 2 aliphatic rings. The van der Waals surface area contributed by atoms with Crippen molar-refractivity contribution in [1.82, 2.24) is 14.8 Å². The lowest BCUT2D eigenvalue weighted by atomic mass is 9.90. The van der Waals surface area contributed by atoms with E-state index in [0.29, 0.717) is 19.6 Å². The van der Waals surface area contributed by atoms with Crippen molar-refractivity contribution in [2.45, 2.75) is 44.2 Å². The van der Waals surface area contributed by atoms with Crippen LogP contribution in [0.2, 0.25) is 0 Å². The Morgan fingerprint density at radius 3 is 2.26 bits per heavy atom. The third-order valence-electron chi connectivity index (χ3n) is 6.76. The Bertz CT molecular complexity index is 1230. The molecule has 1 aliphatic carbocycles. The first-order valence-corrected chi connectivity index (χ1v) is 12.0. The SMILES string of the molecule is O=C(NCc1ccccc1)c1cn(C2CC2)cc(C(=O)N2CCCC(c3ccccc3)C2)c1=O. The number of carbonyl (C=O) groups is 2. The van der Waals surface area contributed by atoms with Crippen molar-refractivity contribution in [1.29, 1.82) is 0 Å². The lowest BCUT2D eigenvalue weighted by Gasteiger charge is -2.33. The van der Waals surface area contributed by atoms with Crippen LogP contribution in [-0.4, -0.2) is 34.4 Å². The quantitative estimate of drug-likeness (QED) is 0.608. The van der Waals surface area contributed by atoms with Gasteiger partial charge in [-0.25, -0.2) is 0 Å². The molecule has 1 saturated carbocycles. The molecule has 0 spiro atoms. The van der Waals surface area contributed by atoms with Crippen molar-refractivity contribution < 1.29 is 9.59 Å². The van der Waals surface area contributed by atoms with E-state index >= 15 is 0 Å². The third-order valence-corrected chi connectivity index (χ3v) is 6.76. The molecule has 6 heteroatoms. The maximum absolute atomic E-state index is 13.5. The average Bonchev–Trinajstić information content (AvgIpc) is 3.74. The van der Waals surface area contributed by atoms with Crippen LogP contribution in [0.4, 0.5) is 0 Å². The fourth-order valence-corrected chi connectivity index (χ4v) is 4.70. The van der Waals surface area contributed by atoms with Gasteiger partial charge in [0.1, 0.15) is 11.1 Å². The number of amides is 2. The number of nitrogens with zero attached hydrogens (tertiary/aromatic N) is 2. The fraction of sp³-hybridized carbons (Fsp3) is 0.321. The molecule has 1 unspecified atom stereocenters. The van der Waals surface area contributed by atoms with Gasteiger partial charge in [-0.05, 0) is 36.8 Å². The number of carbonyl (C=O) groups excluding carboxylic acids is 2. The molecule has 1 atom stereocenters. The number of benzene rings is 2. The smallest absolute Gasteiger partial charge is 0.259 e. The van der Waals surface area contributed by atoms with Gasteiger partial charge in [-0.2, -0.15) is 0 Å². The number of piperidine rings is 1. The summed E-state index contributed by atoms with van der Waals surface area (Å²) < 4.78 is 1.88. The summed E-state index contributed by atoms with van der Waals surface area (Å²) >= 11 is 0. The Morgan fingerprint density at radius 2 is 1.56 bits per heavy atom. The van der Waals surface area contributed by atoms with E-state index in [0.717, 1.165) is 31.2 Å². The minimum atomic E-state index is -0.491. The summed E-state index contributed by atoms with van der Waals surface area (Å²) in [5, 5.41) is 2.84. The summed E-state index contributed by atoms with van der Waals surface area (Å²) in [5.41, 5.74) is 1.79. The molecule has 1 N–H and O–H groups in total. The Kier molecular flexibility index (Phi) is 6.30. The first kappa shape index (κ1) is 22.1. The zero-order chi connectivity index (χ0) is 23.5. The van der Waals surface area contributed by atoms with Gasteiger partial charge in [-0.15, -0.1) is 0 Å². The van der Waals surface area contributed by atoms with Crippen LogP contribution in [0.15, 0.2) is 77.9 Å². The van der Waals surface area contributed by atoms with Crippen LogP contribution in [-0.2, 0) is 6.54 Å². The van der Waals surface area contributed by atoms with Crippen LogP contribution in [0.25, 0.3) is 0 Å². The van der Waals surface area contributed by atoms with Gasteiger partial charge < -0.3 is 14.8 Å². The molecule has 0 bridgehead atoms. The molecule has 0 radical (unpaired) electrons. The van der Waals surface area contributed by atoms with Gasteiger partial charge in [0, 0.05) is 44.0 Å². The van der Waals surface area contributed by atoms with Gasteiger partial charge in [0.25, 0.3) is 11.8 Å². The van der Waals surface area contributed by atoms with Crippen LogP contribution < -0.4 is 10.7 Å². The Labute approximate surface area is 199 Å². The minimum Gasteiger partial charge on any atom is -0.349 e. The summed E-state index contributed by atoms with van der Waals surface area (Å²) in [6.45, 7) is 1.53. The zero-order valence-corrected chi connectivity index (χ0v) is 19.2. The monoisotopic (exact) mass is 455 g/mol. The van der Waals surface area contributed by atoms with Crippen molar-refractivity contribution in [3.8, 4) is 0 Å². The fourth-order valence-electron chi connectivity index (χ4n) is 4.70. The summed E-state index contributed by atoms with van der Waals surface area (Å²) in [6, 6.07) is 20.0. The molecule has 1 aliphatic heterocycles. The number of rotatable bonds is 6. The van der Waals surface area contributed by atoms with Gasteiger partial charge >= 0.3 is 0 Å². The van der Waals surface area contributed by atoms with Crippen LogP contribution in [0, 0.1) is 0 Å². The first-order chi connectivity index (χ1) is 16.6. The van der Waals surface area contributed by atoms with E-state index in [2.05, 4.69) is 17.4 Å². The van der Waals surface area contributed by atoms with Crippen molar-refractivity contribution in [3.05, 3.63) is 106 Å². The second-order valence-corrected chi connectivity index (χ2v) is 9.26. The first-order valence-electron chi connectivity index (χ1n) is 12.0. The van der Waals surface area contributed by atoms with Gasteiger partial charge in [0.15, 0.2) is 0 Å². The standard InChI is InChI=1S/C28H29N3O3/c32-26-24(27(33)29-16-20-8-3-1-4-9-20)18-31(23-13-14-23)19-25(26)28(34)30-15-7-12-22(17-30)21-10-5-2-6-11-21/h1-6,8-11,18-19,22-23H,7,12-17H2,(H,29,33). The van der Waals surface area contributed by atoms with Crippen molar-refractivity contribution in [2.75, 3.05) is 13.1 Å². The predicted octanol–water partition coefficient (Wildman–Crippen LogP) is 4.13. The van der Waals surface area contributed by atoms with Crippen molar-refractivity contribution in [3.63, 3.8) is 0 Å². The van der Waals surface area contributed by atoms with E-state index < -0.39 is 11.3 Å². The minimum absolute atomic E-state index is 0.0327. The zero-order valence-electron chi connectivity index (χ0n) is 19.2. The maximum atomic E-state index is 13.5. The van der Waals surface area contributed by atoms with E-state index in [-0.39, 0.29) is 29.0 Å². The molecule has 2 aromatic carbocycles. The highest BCUT2D eigenvalue weighted by atomic mass is 16.2. The highest BCUT2D eigenvalue weighted by Crippen LogP contribution is 2.35. The summed E-state index contributed by atoms with van der Waals surface area (Å²) in [7, 11) is 0. The molecule has 3 aromatic rings.